The second kappa shape index (κ2) is 18.6. The van der Waals surface area contributed by atoms with Crippen LogP contribution < -0.4 is 20.5 Å². The third-order valence-corrected chi connectivity index (χ3v) is 10.4. The predicted molar refractivity (Wildman–Crippen MR) is 224 cm³/mol. The first kappa shape index (κ1) is 42.0. The van der Waals surface area contributed by atoms with Gasteiger partial charge in [-0.15, -0.1) is 0 Å². The minimum absolute atomic E-state index is 0. The Labute approximate surface area is 340 Å². The van der Waals surface area contributed by atoms with Crippen molar-refractivity contribution < 1.29 is 24.5 Å². The largest absolute Gasteiger partial charge is 0.495 e. The molecule has 11 nitrogen and oxygen atoms in total. The van der Waals surface area contributed by atoms with Crippen LogP contribution in [0.4, 0.5) is 5.69 Å². The quantitative estimate of drug-likeness (QED) is 0.155. The highest BCUT2D eigenvalue weighted by Gasteiger charge is 2.32. The molecule has 2 amide bonds. The summed E-state index contributed by atoms with van der Waals surface area (Å²) in [6.07, 6.45) is 0. The zero-order valence-corrected chi connectivity index (χ0v) is 33.7. The van der Waals surface area contributed by atoms with Gasteiger partial charge in [0.25, 0.3) is 11.8 Å². The van der Waals surface area contributed by atoms with Gasteiger partial charge in [-0.3, -0.25) is 9.59 Å². The summed E-state index contributed by atoms with van der Waals surface area (Å²) in [6.45, 7) is 7.45. The summed E-state index contributed by atoms with van der Waals surface area (Å²) in [5, 5.41) is 6.96. The van der Waals surface area contributed by atoms with Gasteiger partial charge < -0.3 is 35.8 Å². The van der Waals surface area contributed by atoms with Gasteiger partial charge in [0.15, 0.2) is 0 Å². The van der Waals surface area contributed by atoms with Crippen molar-refractivity contribution in [2.75, 3.05) is 32.6 Å². The average molecular weight is 818 g/mol. The first-order valence-electron chi connectivity index (χ1n) is 17.8. The molecule has 0 spiro atoms. The van der Waals surface area contributed by atoms with Crippen molar-refractivity contribution in [2.45, 2.75) is 40.0 Å². The zero-order valence-electron chi connectivity index (χ0n) is 31.5. The summed E-state index contributed by atoms with van der Waals surface area (Å²) in [6, 6.07) is 26.7. The Morgan fingerprint density at radius 1 is 0.696 bits per heavy atom. The van der Waals surface area contributed by atoms with Gasteiger partial charge >= 0.3 is 0 Å². The van der Waals surface area contributed by atoms with Crippen molar-refractivity contribution in [1.29, 1.82) is 0 Å². The highest BCUT2D eigenvalue weighted by molar-refractivity contribution is 6.39. The number of nitrogens with zero attached hydrogens (tertiary/aromatic N) is 4. The van der Waals surface area contributed by atoms with Crippen LogP contribution in [0.1, 0.15) is 57.1 Å². The van der Waals surface area contributed by atoms with Crippen molar-refractivity contribution in [3.05, 3.63) is 134 Å². The van der Waals surface area contributed by atoms with Crippen molar-refractivity contribution in [3.63, 3.8) is 0 Å². The highest BCUT2D eigenvalue weighted by Crippen LogP contribution is 2.36. The molecular weight excluding hydrogens is 775 g/mol. The van der Waals surface area contributed by atoms with Crippen molar-refractivity contribution in [3.8, 4) is 11.5 Å². The maximum Gasteiger partial charge on any atom is 0.258 e. The highest BCUT2D eigenvalue weighted by atomic mass is 35.5. The SMILES string of the molecule is CCN1Cc2nc3ccccc3c(Cl)c2C1=O.CCN1Cc2nc3ccccc3c(NCc3ccc(OC)c(Cl)c3)c2C1=O.COc1ccc(CN)cc1Cl.O. The van der Waals surface area contributed by atoms with Crippen molar-refractivity contribution >= 4 is 74.1 Å². The van der Waals surface area contributed by atoms with E-state index in [1.165, 1.54) is 0 Å². The molecule has 0 radical (unpaired) electrons. The Hall–Kier alpha value is -5.17. The molecule has 2 aliphatic heterocycles. The van der Waals surface area contributed by atoms with E-state index in [-0.39, 0.29) is 17.3 Å². The lowest BCUT2D eigenvalue weighted by Gasteiger charge is -2.15. The van der Waals surface area contributed by atoms with Gasteiger partial charge in [-0.05, 0) is 61.4 Å². The van der Waals surface area contributed by atoms with E-state index in [1.807, 2.05) is 97.6 Å². The van der Waals surface area contributed by atoms with E-state index >= 15 is 0 Å². The Balaban J connectivity index is 0.000000177. The molecule has 6 aromatic rings. The third-order valence-electron chi connectivity index (χ3n) is 9.46. The number of pyridine rings is 2. The predicted octanol–water partition coefficient (Wildman–Crippen LogP) is 8.33. The lowest BCUT2D eigenvalue weighted by Crippen LogP contribution is -2.23. The van der Waals surface area contributed by atoms with Crippen LogP contribution in [0.5, 0.6) is 11.5 Å². The number of halogens is 3. The number of para-hydroxylation sites is 2. The molecule has 5 N–H and O–H groups in total. The van der Waals surface area contributed by atoms with Gasteiger partial charge in [0.2, 0.25) is 0 Å². The smallest absolute Gasteiger partial charge is 0.258 e. The van der Waals surface area contributed by atoms with Crippen molar-refractivity contribution in [2.24, 2.45) is 5.73 Å². The van der Waals surface area contributed by atoms with Crippen LogP contribution in [0, 0.1) is 0 Å². The fourth-order valence-electron chi connectivity index (χ4n) is 6.52. The van der Waals surface area contributed by atoms with Crippen LogP contribution in [-0.2, 0) is 26.2 Å². The fraction of sp³-hybridized carbons (Fsp3) is 0.238. The molecule has 0 saturated heterocycles. The fourth-order valence-corrected chi connectivity index (χ4v) is 7.43. The first-order chi connectivity index (χ1) is 26.6. The number of carbonyl (C=O) groups is 2. The monoisotopic (exact) mass is 816 g/mol. The number of methoxy groups -OCH3 is 2. The van der Waals surface area contributed by atoms with E-state index in [9.17, 15) is 9.59 Å². The Morgan fingerprint density at radius 2 is 1.18 bits per heavy atom. The van der Waals surface area contributed by atoms with E-state index < -0.39 is 0 Å². The molecule has 0 aliphatic carbocycles. The van der Waals surface area contributed by atoms with Crippen LogP contribution in [0.3, 0.4) is 0 Å². The van der Waals surface area contributed by atoms with Gasteiger partial charge in [0.1, 0.15) is 11.5 Å². The lowest BCUT2D eigenvalue weighted by molar-refractivity contribution is 0.0779. The number of nitrogens with two attached hydrogens (primary N) is 1. The van der Waals surface area contributed by atoms with Gasteiger partial charge in [-0.25, -0.2) is 9.97 Å². The Kier molecular flexibility index (Phi) is 14.0. The number of hydrogen-bond donors (Lipinski definition) is 2. The number of ether oxygens (including phenoxy) is 2. The van der Waals surface area contributed by atoms with E-state index in [1.54, 1.807) is 25.2 Å². The molecule has 8 rings (SSSR count). The molecule has 0 saturated carbocycles. The molecule has 0 atom stereocenters. The summed E-state index contributed by atoms with van der Waals surface area (Å²) >= 11 is 18.4. The third kappa shape index (κ3) is 8.62. The second-order valence-corrected chi connectivity index (χ2v) is 13.9. The second-order valence-electron chi connectivity index (χ2n) is 12.7. The van der Waals surface area contributed by atoms with Gasteiger partial charge in [-0.1, -0.05) is 83.3 Å². The summed E-state index contributed by atoms with van der Waals surface area (Å²) in [4.78, 5) is 37.7. The summed E-state index contributed by atoms with van der Waals surface area (Å²) in [5.74, 6) is 1.35. The summed E-state index contributed by atoms with van der Waals surface area (Å²) in [7, 11) is 3.18. The molecule has 2 aromatic heterocycles. The molecule has 14 heteroatoms. The number of hydrogen-bond acceptors (Lipinski definition) is 8. The average Bonchev–Trinajstić information content (AvgIpc) is 3.71. The van der Waals surface area contributed by atoms with E-state index in [2.05, 4.69) is 10.3 Å². The molecule has 4 heterocycles. The summed E-state index contributed by atoms with van der Waals surface area (Å²) in [5.41, 5.74) is 12.9. The van der Waals surface area contributed by atoms with Crippen molar-refractivity contribution in [1.82, 2.24) is 19.8 Å². The molecule has 0 unspecified atom stereocenters. The molecular formula is C42H43Cl3N6O5. The van der Waals surface area contributed by atoms with Crippen LogP contribution in [0.15, 0.2) is 84.9 Å². The number of nitrogens with one attached hydrogen (secondary N) is 1. The number of carbonyl (C=O) groups excluding carboxylic acids is 2. The molecule has 4 aromatic carbocycles. The number of fused-ring (bicyclic) bond motifs is 4. The topological polar surface area (TPSA) is 154 Å². The van der Waals surface area contributed by atoms with E-state index in [0.717, 1.165) is 50.0 Å². The van der Waals surface area contributed by atoms with E-state index in [4.69, 9.17) is 55.0 Å². The Morgan fingerprint density at radius 3 is 1.71 bits per heavy atom. The Bertz CT molecular complexity index is 2390. The maximum atomic E-state index is 12.8. The van der Waals surface area contributed by atoms with Crippen LogP contribution >= 0.6 is 34.8 Å². The maximum absolute atomic E-state index is 12.8. The lowest BCUT2D eigenvalue weighted by atomic mass is 10.1. The van der Waals surface area contributed by atoms with Crippen LogP contribution in [0.25, 0.3) is 21.8 Å². The zero-order chi connectivity index (χ0) is 39.2. The minimum Gasteiger partial charge on any atom is -0.495 e. The van der Waals surface area contributed by atoms with E-state index in [0.29, 0.717) is 77.0 Å². The van der Waals surface area contributed by atoms with Crippen LogP contribution in [0.2, 0.25) is 15.1 Å². The molecule has 0 fully saturated rings. The normalized spacial score (nSPS) is 12.6. The molecule has 2 aliphatic rings. The molecule has 0 bridgehead atoms. The van der Waals surface area contributed by atoms with Gasteiger partial charge in [0.05, 0.1) is 81.6 Å². The first-order valence-corrected chi connectivity index (χ1v) is 18.9. The number of anilines is 1. The minimum atomic E-state index is -0.00856. The molecule has 292 valence electrons. The number of rotatable bonds is 8. The summed E-state index contributed by atoms with van der Waals surface area (Å²) < 4.78 is 10.2. The molecule has 56 heavy (non-hydrogen) atoms. The number of amides is 2. The standard InChI is InChI=1S/C21H20ClN3O2.C13H11ClN2O.C8H10ClNO.H2O/c1-3-25-12-17-19(21(25)26)20(14-6-4-5-7-16(14)24-17)23-11-13-8-9-18(27-2)15(22)10-13;1-2-16-7-10-11(13(16)17)12(14)8-5-3-4-6-9(8)15-10;1-11-8-3-2-6(5-10)4-7(8)9;/h4-10H,3,11-12H2,1-2H3,(H,23,24);3-6H,2,7H2,1H3;2-4H,5,10H2,1H3;1H2. The van der Waals surface area contributed by atoms with Gasteiger partial charge in [-0.2, -0.15) is 0 Å². The van der Waals surface area contributed by atoms with Gasteiger partial charge in [0, 0.05) is 37.0 Å². The van der Waals surface area contributed by atoms with Crippen LogP contribution in [-0.4, -0.2) is 64.4 Å². The number of benzene rings is 4. The number of aromatic nitrogens is 2.